The van der Waals surface area contributed by atoms with Gasteiger partial charge in [-0.05, 0) is 12.1 Å². The minimum atomic E-state index is -3.39. The van der Waals surface area contributed by atoms with E-state index in [9.17, 15) is 8.42 Å². The van der Waals surface area contributed by atoms with Crippen LogP contribution in [0.5, 0.6) is 5.75 Å². The SMILES string of the molecule is O=S1(=O)C=COc2ccccc2N1. The summed E-state index contributed by atoms with van der Waals surface area (Å²) in [4.78, 5) is 0. The number of para-hydroxylation sites is 2. The molecule has 0 saturated carbocycles. The molecule has 0 atom stereocenters. The lowest BCUT2D eigenvalue weighted by Crippen LogP contribution is -2.07. The molecular weight excluding hydrogens is 190 g/mol. The van der Waals surface area contributed by atoms with Gasteiger partial charge in [-0.2, -0.15) is 0 Å². The standard InChI is InChI=1S/C8H7NO3S/c10-13(11)6-5-12-8-4-2-1-3-7(8)9-13/h1-6,9H. The monoisotopic (exact) mass is 197 g/mol. The first kappa shape index (κ1) is 8.12. The lowest BCUT2D eigenvalue weighted by molar-refractivity contribution is 0.485. The van der Waals surface area contributed by atoms with Crippen LogP contribution in [-0.2, 0) is 10.0 Å². The highest BCUT2D eigenvalue weighted by atomic mass is 32.2. The topological polar surface area (TPSA) is 55.4 Å². The summed E-state index contributed by atoms with van der Waals surface area (Å²) in [5.74, 6) is 0.500. The van der Waals surface area contributed by atoms with Gasteiger partial charge in [-0.3, -0.25) is 4.72 Å². The van der Waals surface area contributed by atoms with E-state index in [2.05, 4.69) is 4.72 Å². The Morgan fingerprint density at radius 3 is 2.85 bits per heavy atom. The van der Waals surface area contributed by atoms with Gasteiger partial charge in [0.15, 0.2) is 5.75 Å². The normalized spacial score (nSPS) is 17.8. The van der Waals surface area contributed by atoms with E-state index in [0.717, 1.165) is 11.7 Å². The molecule has 1 heterocycles. The fourth-order valence-electron chi connectivity index (χ4n) is 1.02. The van der Waals surface area contributed by atoms with Crippen LogP contribution in [0.3, 0.4) is 0 Å². The lowest BCUT2D eigenvalue weighted by atomic mass is 10.3. The Labute approximate surface area is 75.9 Å². The van der Waals surface area contributed by atoms with Crippen molar-refractivity contribution in [2.75, 3.05) is 4.72 Å². The quantitative estimate of drug-likeness (QED) is 0.681. The van der Waals surface area contributed by atoms with Crippen molar-refractivity contribution in [3.63, 3.8) is 0 Å². The summed E-state index contributed by atoms with van der Waals surface area (Å²) in [6, 6.07) is 6.83. The number of sulfonamides is 1. The molecule has 0 bridgehead atoms. The van der Waals surface area contributed by atoms with Crippen LogP contribution in [0.4, 0.5) is 5.69 Å². The molecule has 0 aromatic heterocycles. The summed E-state index contributed by atoms with van der Waals surface area (Å²) >= 11 is 0. The van der Waals surface area contributed by atoms with Crippen molar-refractivity contribution in [3.8, 4) is 5.75 Å². The van der Waals surface area contributed by atoms with Crippen LogP contribution in [0.1, 0.15) is 0 Å². The van der Waals surface area contributed by atoms with Crippen LogP contribution in [0.15, 0.2) is 35.9 Å². The molecule has 0 fully saturated rings. The highest BCUT2D eigenvalue weighted by Gasteiger charge is 2.12. The molecule has 1 aromatic rings. The van der Waals surface area contributed by atoms with Crippen LogP contribution in [0.25, 0.3) is 0 Å². The Balaban J connectivity index is 2.53. The highest BCUT2D eigenvalue weighted by Crippen LogP contribution is 2.26. The first-order valence-electron chi connectivity index (χ1n) is 3.62. The van der Waals surface area contributed by atoms with Crippen LogP contribution >= 0.6 is 0 Å². The number of anilines is 1. The molecule has 1 aromatic carbocycles. The molecule has 5 heteroatoms. The number of rotatable bonds is 0. The summed E-state index contributed by atoms with van der Waals surface area (Å²) in [5.41, 5.74) is 0.451. The Morgan fingerprint density at radius 2 is 2.00 bits per heavy atom. The Kier molecular flexibility index (Phi) is 1.73. The molecule has 0 saturated heterocycles. The van der Waals surface area contributed by atoms with E-state index in [-0.39, 0.29) is 0 Å². The number of benzene rings is 1. The van der Waals surface area contributed by atoms with E-state index in [1.807, 2.05) is 0 Å². The second kappa shape index (κ2) is 2.77. The smallest absolute Gasteiger partial charge is 0.258 e. The number of hydrogen-bond acceptors (Lipinski definition) is 3. The highest BCUT2D eigenvalue weighted by molar-refractivity contribution is 7.95. The fraction of sp³-hybridized carbons (Fsp3) is 0. The van der Waals surface area contributed by atoms with Crippen molar-refractivity contribution in [1.29, 1.82) is 0 Å². The van der Waals surface area contributed by atoms with Crippen molar-refractivity contribution in [1.82, 2.24) is 0 Å². The van der Waals surface area contributed by atoms with Crippen molar-refractivity contribution >= 4 is 15.7 Å². The molecule has 0 radical (unpaired) electrons. The van der Waals surface area contributed by atoms with Crippen molar-refractivity contribution in [2.24, 2.45) is 0 Å². The van der Waals surface area contributed by atoms with E-state index in [0.29, 0.717) is 11.4 Å². The van der Waals surface area contributed by atoms with Crippen LogP contribution < -0.4 is 9.46 Å². The average Bonchev–Trinajstić information content (AvgIpc) is 2.21. The molecule has 0 unspecified atom stereocenters. The van der Waals surface area contributed by atoms with Gasteiger partial charge in [0.1, 0.15) is 6.26 Å². The largest absolute Gasteiger partial charge is 0.462 e. The molecule has 1 aliphatic heterocycles. The Hall–Kier alpha value is -1.49. The first-order valence-corrected chi connectivity index (χ1v) is 5.17. The van der Waals surface area contributed by atoms with E-state index in [1.54, 1.807) is 24.3 Å². The van der Waals surface area contributed by atoms with Gasteiger partial charge in [0.25, 0.3) is 10.0 Å². The van der Waals surface area contributed by atoms with Crippen LogP contribution in [0, 0.1) is 0 Å². The van der Waals surface area contributed by atoms with E-state index >= 15 is 0 Å². The molecule has 4 nitrogen and oxygen atoms in total. The van der Waals surface area contributed by atoms with E-state index in [1.165, 1.54) is 0 Å². The van der Waals surface area contributed by atoms with Crippen molar-refractivity contribution in [3.05, 3.63) is 35.9 Å². The zero-order valence-corrected chi connectivity index (χ0v) is 7.41. The maximum absolute atomic E-state index is 11.2. The number of ether oxygens (including phenoxy) is 1. The number of nitrogens with one attached hydrogen (secondary N) is 1. The third kappa shape index (κ3) is 1.65. The molecule has 13 heavy (non-hydrogen) atoms. The van der Waals surface area contributed by atoms with Gasteiger partial charge in [0, 0.05) is 0 Å². The summed E-state index contributed by atoms with van der Waals surface area (Å²) in [6.07, 6.45) is 1.15. The van der Waals surface area contributed by atoms with Gasteiger partial charge in [-0.25, -0.2) is 8.42 Å². The van der Waals surface area contributed by atoms with Gasteiger partial charge >= 0.3 is 0 Å². The van der Waals surface area contributed by atoms with Crippen LogP contribution in [-0.4, -0.2) is 8.42 Å². The molecule has 68 valence electrons. The Bertz CT molecular complexity index is 450. The molecule has 0 spiro atoms. The van der Waals surface area contributed by atoms with Crippen molar-refractivity contribution < 1.29 is 13.2 Å². The van der Waals surface area contributed by atoms with Gasteiger partial charge in [0.2, 0.25) is 0 Å². The second-order valence-electron chi connectivity index (χ2n) is 2.53. The van der Waals surface area contributed by atoms with Gasteiger partial charge in [-0.15, -0.1) is 0 Å². The predicted octanol–water partition coefficient (Wildman–Crippen LogP) is 1.29. The zero-order chi connectivity index (χ0) is 9.31. The van der Waals surface area contributed by atoms with Crippen molar-refractivity contribution in [2.45, 2.75) is 0 Å². The predicted molar refractivity (Wildman–Crippen MR) is 48.8 cm³/mol. The van der Waals surface area contributed by atoms with E-state index in [4.69, 9.17) is 4.74 Å². The zero-order valence-electron chi connectivity index (χ0n) is 6.60. The minimum Gasteiger partial charge on any atom is -0.462 e. The third-order valence-electron chi connectivity index (χ3n) is 1.57. The molecule has 1 aliphatic rings. The third-order valence-corrected chi connectivity index (χ3v) is 2.54. The number of hydrogen-bond donors (Lipinski definition) is 1. The molecule has 0 aliphatic carbocycles. The van der Waals surface area contributed by atoms with Gasteiger partial charge in [0.05, 0.1) is 11.1 Å². The summed E-state index contributed by atoms with van der Waals surface area (Å²) < 4.78 is 29.7. The Morgan fingerprint density at radius 1 is 1.23 bits per heavy atom. The van der Waals surface area contributed by atoms with E-state index < -0.39 is 10.0 Å². The van der Waals surface area contributed by atoms with Gasteiger partial charge < -0.3 is 4.74 Å². The molecule has 2 rings (SSSR count). The minimum absolute atomic E-state index is 0.451. The lowest BCUT2D eigenvalue weighted by Gasteiger charge is -2.04. The first-order chi connectivity index (χ1) is 6.17. The maximum Gasteiger partial charge on any atom is 0.258 e. The fourth-order valence-corrected chi connectivity index (χ4v) is 1.76. The summed E-state index contributed by atoms with van der Waals surface area (Å²) in [7, 11) is -3.39. The van der Waals surface area contributed by atoms with Crippen LogP contribution in [0.2, 0.25) is 0 Å². The molecular formula is C8H7NO3S. The molecule has 0 amide bonds. The summed E-state index contributed by atoms with van der Waals surface area (Å²) in [5, 5.41) is 0.979. The number of fused-ring (bicyclic) bond motifs is 1. The maximum atomic E-state index is 11.2. The van der Waals surface area contributed by atoms with Gasteiger partial charge in [-0.1, -0.05) is 12.1 Å². The summed E-state index contributed by atoms with van der Waals surface area (Å²) in [6.45, 7) is 0. The molecule has 1 N–H and O–H groups in total. The second-order valence-corrected chi connectivity index (χ2v) is 4.10. The average molecular weight is 197 g/mol.